The minimum atomic E-state index is -0.534. The van der Waals surface area contributed by atoms with Crippen LogP contribution in [-0.4, -0.2) is 27.9 Å². The Labute approximate surface area is 157 Å². The molecule has 0 saturated heterocycles. The van der Waals surface area contributed by atoms with Crippen LogP contribution in [0.15, 0.2) is 34.9 Å². The molecule has 0 bridgehead atoms. The molecule has 0 fully saturated rings. The highest BCUT2D eigenvalue weighted by molar-refractivity contribution is 7.18. The van der Waals surface area contributed by atoms with E-state index in [2.05, 4.69) is 20.8 Å². The largest absolute Gasteiger partial charge is 0.382 e. The lowest BCUT2D eigenvalue weighted by Gasteiger charge is -2.04. The molecule has 1 aromatic carbocycles. The van der Waals surface area contributed by atoms with Crippen LogP contribution in [0.4, 0.5) is 21.0 Å². The fourth-order valence-electron chi connectivity index (χ4n) is 2.14. The first-order chi connectivity index (χ1) is 12.8. The zero-order valence-corrected chi connectivity index (χ0v) is 15.3. The molecule has 2 aromatic heterocycles. The molecular weight excluding hydrogens is 373 g/mol. The molecule has 10 heteroatoms. The number of thiazole rings is 1. The van der Waals surface area contributed by atoms with Crippen molar-refractivity contribution in [2.45, 2.75) is 19.9 Å². The fraction of sp³-hybridized carbons (Fsp3) is 0.176. The van der Waals surface area contributed by atoms with E-state index < -0.39 is 11.7 Å². The number of nitrogens with two attached hydrogens (primary N) is 1. The zero-order valence-electron chi connectivity index (χ0n) is 14.4. The van der Waals surface area contributed by atoms with Gasteiger partial charge in [0.25, 0.3) is 5.91 Å². The third kappa shape index (κ3) is 4.29. The molecule has 0 atom stereocenters. The van der Waals surface area contributed by atoms with Crippen LogP contribution in [0, 0.1) is 5.82 Å². The number of carbonyl (C=O) groups is 2. The van der Waals surface area contributed by atoms with Gasteiger partial charge in [-0.2, -0.15) is 0 Å². The summed E-state index contributed by atoms with van der Waals surface area (Å²) in [5, 5.41) is 9.57. The molecule has 4 N–H and O–H groups in total. The topological polar surface area (TPSA) is 123 Å². The van der Waals surface area contributed by atoms with Crippen LogP contribution < -0.4 is 16.4 Å². The van der Waals surface area contributed by atoms with E-state index in [1.54, 1.807) is 13.8 Å². The molecule has 0 aliphatic carbocycles. The standard InChI is InChI=1S/C17H16FN5O3S/c1-8(2)20-16(25)11-7-12(26-23-11)13(24)14-15(19)22-17(27-14)21-10-5-3-9(18)4-6-10/h3-8H,19H2,1-2H3,(H,20,25)(H,21,22). The molecule has 1 amide bonds. The Morgan fingerprint density at radius 3 is 2.63 bits per heavy atom. The predicted molar refractivity (Wildman–Crippen MR) is 98.7 cm³/mol. The maximum absolute atomic E-state index is 13.0. The number of carbonyl (C=O) groups excluding carboxylic acids is 2. The molecule has 0 aliphatic rings. The van der Waals surface area contributed by atoms with E-state index in [1.807, 2.05) is 0 Å². The maximum Gasteiger partial charge on any atom is 0.273 e. The summed E-state index contributed by atoms with van der Waals surface area (Å²) in [6.07, 6.45) is 0. The van der Waals surface area contributed by atoms with Crippen molar-refractivity contribution < 1.29 is 18.5 Å². The van der Waals surface area contributed by atoms with E-state index in [-0.39, 0.29) is 34.0 Å². The molecule has 0 unspecified atom stereocenters. The predicted octanol–water partition coefficient (Wildman–Crippen LogP) is 2.97. The molecule has 0 aliphatic heterocycles. The summed E-state index contributed by atoms with van der Waals surface area (Å²) in [5.74, 6) is -1.44. The SMILES string of the molecule is CC(C)NC(=O)c1cc(C(=O)c2sc(Nc3ccc(F)cc3)nc2N)on1. The molecule has 0 spiro atoms. The van der Waals surface area contributed by atoms with Crippen LogP contribution in [0.1, 0.15) is 39.8 Å². The number of anilines is 3. The number of nitrogen functional groups attached to an aromatic ring is 1. The number of aromatic nitrogens is 2. The first-order valence-corrected chi connectivity index (χ1v) is 8.76. The number of halogens is 1. The Morgan fingerprint density at radius 2 is 1.96 bits per heavy atom. The highest BCUT2D eigenvalue weighted by atomic mass is 32.1. The van der Waals surface area contributed by atoms with Crippen LogP contribution in [0.5, 0.6) is 0 Å². The first kappa shape index (κ1) is 18.5. The van der Waals surface area contributed by atoms with E-state index in [9.17, 15) is 14.0 Å². The fourth-order valence-corrected chi connectivity index (χ4v) is 2.99. The van der Waals surface area contributed by atoms with Crippen LogP contribution >= 0.6 is 11.3 Å². The molecule has 0 radical (unpaired) electrons. The van der Waals surface area contributed by atoms with Crippen molar-refractivity contribution in [1.29, 1.82) is 0 Å². The van der Waals surface area contributed by atoms with Crippen LogP contribution in [0.3, 0.4) is 0 Å². The molecular formula is C17H16FN5O3S. The summed E-state index contributed by atoms with van der Waals surface area (Å²) in [6.45, 7) is 3.61. The average molecular weight is 389 g/mol. The van der Waals surface area contributed by atoms with Crippen molar-refractivity contribution in [3.63, 3.8) is 0 Å². The van der Waals surface area contributed by atoms with Crippen LogP contribution in [0.2, 0.25) is 0 Å². The van der Waals surface area contributed by atoms with E-state index in [4.69, 9.17) is 10.3 Å². The lowest BCUT2D eigenvalue weighted by molar-refractivity contribution is 0.0930. The van der Waals surface area contributed by atoms with Gasteiger partial charge in [-0.25, -0.2) is 9.37 Å². The Kier molecular flexibility index (Phi) is 5.17. The van der Waals surface area contributed by atoms with Crippen molar-refractivity contribution in [1.82, 2.24) is 15.5 Å². The van der Waals surface area contributed by atoms with Crippen molar-refractivity contribution in [2.24, 2.45) is 0 Å². The number of ketones is 1. The number of amides is 1. The molecule has 3 rings (SSSR count). The monoisotopic (exact) mass is 389 g/mol. The third-order valence-corrected chi connectivity index (χ3v) is 4.33. The molecule has 2 heterocycles. The Bertz CT molecular complexity index is 981. The average Bonchev–Trinajstić information content (AvgIpc) is 3.23. The van der Waals surface area contributed by atoms with Gasteiger partial charge in [-0.15, -0.1) is 0 Å². The minimum absolute atomic E-state index is 0.000188. The van der Waals surface area contributed by atoms with Gasteiger partial charge in [0.1, 0.15) is 16.5 Å². The number of hydrogen-bond donors (Lipinski definition) is 3. The minimum Gasteiger partial charge on any atom is -0.382 e. The number of nitrogens with one attached hydrogen (secondary N) is 2. The molecule has 0 saturated carbocycles. The Hall–Kier alpha value is -3.27. The first-order valence-electron chi connectivity index (χ1n) is 7.94. The van der Waals surface area contributed by atoms with Gasteiger partial charge in [0.15, 0.2) is 10.8 Å². The summed E-state index contributed by atoms with van der Waals surface area (Å²) in [5.41, 5.74) is 6.42. The van der Waals surface area contributed by atoms with E-state index in [0.717, 1.165) is 11.3 Å². The van der Waals surface area contributed by atoms with E-state index in [1.165, 1.54) is 30.3 Å². The van der Waals surface area contributed by atoms with Gasteiger partial charge in [0, 0.05) is 17.8 Å². The number of hydrogen-bond acceptors (Lipinski definition) is 8. The van der Waals surface area contributed by atoms with Gasteiger partial charge in [-0.1, -0.05) is 16.5 Å². The van der Waals surface area contributed by atoms with Crippen molar-refractivity contribution >= 4 is 39.7 Å². The second-order valence-corrected chi connectivity index (χ2v) is 6.90. The second kappa shape index (κ2) is 7.54. The normalized spacial score (nSPS) is 10.8. The summed E-state index contributed by atoms with van der Waals surface area (Å²) in [6, 6.07) is 6.83. The zero-order chi connectivity index (χ0) is 19.6. The van der Waals surface area contributed by atoms with Crippen LogP contribution in [0.25, 0.3) is 0 Å². The maximum atomic E-state index is 13.0. The van der Waals surface area contributed by atoms with Crippen molar-refractivity contribution in [3.8, 4) is 0 Å². The van der Waals surface area contributed by atoms with Gasteiger partial charge in [0.05, 0.1) is 0 Å². The van der Waals surface area contributed by atoms with Crippen molar-refractivity contribution in [2.75, 3.05) is 11.1 Å². The summed E-state index contributed by atoms with van der Waals surface area (Å²) in [4.78, 5) is 28.7. The molecule has 27 heavy (non-hydrogen) atoms. The number of nitrogens with zero attached hydrogens (tertiary/aromatic N) is 2. The number of benzene rings is 1. The Morgan fingerprint density at radius 1 is 1.26 bits per heavy atom. The Balaban J connectivity index is 1.77. The van der Waals surface area contributed by atoms with Crippen molar-refractivity contribution in [3.05, 3.63) is 52.5 Å². The lowest BCUT2D eigenvalue weighted by Crippen LogP contribution is -2.30. The quantitative estimate of drug-likeness (QED) is 0.554. The second-order valence-electron chi connectivity index (χ2n) is 5.90. The van der Waals surface area contributed by atoms with Crippen LogP contribution in [-0.2, 0) is 0 Å². The smallest absolute Gasteiger partial charge is 0.273 e. The lowest BCUT2D eigenvalue weighted by atomic mass is 10.2. The van der Waals surface area contributed by atoms with Gasteiger partial charge in [-0.05, 0) is 38.1 Å². The van der Waals surface area contributed by atoms with E-state index in [0.29, 0.717) is 10.8 Å². The summed E-state index contributed by atoms with van der Waals surface area (Å²) in [7, 11) is 0. The van der Waals surface area contributed by atoms with Gasteiger partial charge in [-0.3, -0.25) is 9.59 Å². The number of rotatable bonds is 6. The van der Waals surface area contributed by atoms with Gasteiger partial charge >= 0.3 is 0 Å². The highest BCUT2D eigenvalue weighted by Gasteiger charge is 2.24. The molecule has 8 nitrogen and oxygen atoms in total. The molecule has 3 aromatic rings. The summed E-state index contributed by atoms with van der Waals surface area (Å²) < 4.78 is 17.9. The van der Waals surface area contributed by atoms with Gasteiger partial charge < -0.3 is 20.9 Å². The highest BCUT2D eigenvalue weighted by Crippen LogP contribution is 2.29. The summed E-state index contributed by atoms with van der Waals surface area (Å²) >= 11 is 1.01. The third-order valence-electron chi connectivity index (χ3n) is 3.34. The molecule has 140 valence electrons. The van der Waals surface area contributed by atoms with E-state index >= 15 is 0 Å². The van der Waals surface area contributed by atoms with Gasteiger partial charge in [0.2, 0.25) is 11.5 Å².